The summed E-state index contributed by atoms with van der Waals surface area (Å²) >= 11 is 0. The standard InChI is InChI=1S/C15H30N2O2/c18-13-15-4-3-9-17(15)8-2-1-7-16-12-14-5-10-19-11-6-14/h14-16,18H,1-13H2. The maximum Gasteiger partial charge on any atom is 0.0586 e. The molecule has 1 unspecified atom stereocenters. The summed E-state index contributed by atoms with van der Waals surface area (Å²) in [6.45, 7) is 6.86. The van der Waals surface area contributed by atoms with Gasteiger partial charge in [-0.25, -0.2) is 0 Å². The van der Waals surface area contributed by atoms with Gasteiger partial charge in [0.05, 0.1) is 6.61 Å². The van der Waals surface area contributed by atoms with E-state index < -0.39 is 0 Å². The van der Waals surface area contributed by atoms with Gasteiger partial charge in [0.1, 0.15) is 0 Å². The molecule has 0 aromatic heterocycles. The molecule has 2 aliphatic rings. The van der Waals surface area contributed by atoms with Crippen molar-refractivity contribution in [3.8, 4) is 0 Å². The molecule has 0 radical (unpaired) electrons. The molecule has 2 rings (SSSR count). The lowest BCUT2D eigenvalue weighted by Gasteiger charge is -2.23. The predicted molar refractivity (Wildman–Crippen MR) is 77.3 cm³/mol. The van der Waals surface area contributed by atoms with Gasteiger partial charge in [-0.2, -0.15) is 0 Å². The van der Waals surface area contributed by atoms with Crippen molar-refractivity contribution in [3.63, 3.8) is 0 Å². The second-order valence-electron chi connectivity index (χ2n) is 5.98. The molecule has 112 valence electrons. The van der Waals surface area contributed by atoms with Crippen LogP contribution in [0.15, 0.2) is 0 Å². The molecule has 19 heavy (non-hydrogen) atoms. The van der Waals surface area contributed by atoms with Crippen molar-refractivity contribution < 1.29 is 9.84 Å². The van der Waals surface area contributed by atoms with E-state index in [1.807, 2.05) is 0 Å². The summed E-state index contributed by atoms with van der Waals surface area (Å²) in [5.74, 6) is 0.825. The molecule has 0 aromatic rings. The fourth-order valence-electron chi connectivity index (χ4n) is 3.22. The Morgan fingerprint density at radius 3 is 2.79 bits per heavy atom. The fourth-order valence-corrected chi connectivity index (χ4v) is 3.22. The molecule has 0 saturated carbocycles. The molecule has 4 heteroatoms. The monoisotopic (exact) mass is 270 g/mol. The van der Waals surface area contributed by atoms with Crippen LogP contribution in [0.25, 0.3) is 0 Å². The van der Waals surface area contributed by atoms with Crippen LogP contribution in [0.2, 0.25) is 0 Å². The van der Waals surface area contributed by atoms with Crippen LogP contribution in [-0.4, -0.2) is 62.0 Å². The van der Waals surface area contributed by atoms with Crippen LogP contribution in [-0.2, 0) is 4.74 Å². The summed E-state index contributed by atoms with van der Waals surface area (Å²) in [6, 6.07) is 0.440. The minimum absolute atomic E-state index is 0.335. The summed E-state index contributed by atoms with van der Waals surface area (Å²) in [5.41, 5.74) is 0. The zero-order valence-corrected chi connectivity index (χ0v) is 12.1. The van der Waals surface area contributed by atoms with E-state index in [0.717, 1.165) is 38.8 Å². The van der Waals surface area contributed by atoms with Crippen LogP contribution in [0.5, 0.6) is 0 Å². The number of nitrogens with zero attached hydrogens (tertiary/aromatic N) is 1. The Labute approximate surface area is 117 Å². The van der Waals surface area contributed by atoms with E-state index in [2.05, 4.69) is 10.2 Å². The number of likely N-dealkylation sites (tertiary alicyclic amines) is 1. The zero-order chi connectivity index (χ0) is 13.3. The Hall–Kier alpha value is -0.160. The highest BCUT2D eigenvalue weighted by atomic mass is 16.5. The van der Waals surface area contributed by atoms with E-state index in [0.29, 0.717) is 12.6 Å². The number of aliphatic hydroxyl groups is 1. The van der Waals surface area contributed by atoms with Crippen molar-refractivity contribution in [1.29, 1.82) is 0 Å². The third kappa shape index (κ3) is 5.38. The van der Waals surface area contributed by atoms with Gasteiger partial charge in [-0.15, -0.1) is 0 Å². The molecule has 0 aromatic carbocycles. The minimum Gasteiger partial charge on any atom is -0.395 e. The average Bonchev–Trinajstić information content (AvgIpc) is 2.91. The topological polar surface area (TPSA) is 44.7 Å². The average molecular weight is 270 g/mol. The minimum atomic E-state index is 0.335. The number of ether oxygens (including phenoxy) is 1. The second kappa shape index (κ2) is 8.90. The molecule has 0 spiro atoms. The van der Waals surface area contributed by atoms with Crippen molar-refractivity contribution in [2.24, 2.45) is 5.92 Å². The predicted octanol–water partition coefficient (Wildman–Crippen LogP) is 1.24. The highest BCUT2D eigenvalue weighted by Gasteiger charge is 2.22. The van der Waals surface area contributed by atoms with Crippen LogP contribution in [0.4, 0.5) is 0 Å². The van der Waals surface area contributed by atoms with Crippen molar-refractivity contribution in [2.75, 3.05) is 46.0 Å². The SMILES string of the molecule is OCC1CCCN1CCCCNCC1CCOCC1. The lowest BCUT2D eigenvalue weighted by molar-refractivity contribution is 0.0663. The van der Waals surface area contributed by atoms with Crippen molar-refractivity contribution >= 4 is 0 Å². The molecule has 2 fully saturated rings. The normalized spacial score (nSPS) is 26.1. The Kier molecular flexibility index (Phi) is 7.14. The lowest BCUT2D eigenvalue weighted by atomic mass is 10.0. The summed E-state index contributed by atoms with van der Waals surface area (Å²) in [7, 11) is 0. The van der Waals surface area contributed by atoms with Gasteiger partial charge in [0.2, 0.25) is 0 Å². The third-order valence-corrected chi connectivity index (χ3v) is 4.53. The molecule has 0 bridgehead atoms. The van der Waals surface area contributed by atoms with Gasteiger partial charge in [-0.1, -0.05) is 0 Å². The van der Waals surface area contributed by atoms with Crippen LogP contribution in [0.3, 0.4) is 0 Å². The number of nitrogens with one attached hydrogen (secondary N) is 1. The van der Waals surface area contributed by atoms with E-state index in [4.69, 9.17) is 4.74 Å². The van der Waals surface area contributed by atoms with Gasteiger partial charge in [-0.3, -0.25) is 4.90 Å². The van der Waals surface area contributed by atoms with E-state index in [1.165, 1.54) is 45.1 Å². The van der Waals surface area contributed by atoms with Crippen LogP contribution >= 0.6 is 0 Å². The highest BCUT2D eigenvalue weighted by molar-refractivity contribution is 4.78. The largest absolute Gasteiger partial charge is 0.395 e. The first-order chi connectivity index (χ1) is 9.40. The molecule has 1 atom stereocenters. The van der Waals surface area contributed by atoms with Crippen molar-refractivity contribution in [2.45, 2.75) is 44.6 Å². The van der Waals surface area contributed by atoms with Gasteiger partial charge >= 0.3 is 0 Å². The molecular weight excluding hydrogens is 240 g/mol. The first-order valence-corrected chi connectivity index (χ1v) is 8.03. The van der Waals surface area contributed by atoms with Crippen LogP contribution in [0, 0.1) is 5.92 Å². The van der Waals surface area contributed by atoms with Crippen molar-refractivity contribution in [1.82, 2.24) is 10.2 Å². The molecule has 4 nitrogen and oxygen atoms in total. The number of hydrogen-bond acceptors (Lipinski definition) is 4. The summed E-state index contributed by atoms with van der Waals surface area (Å²) in [6.07, 6.45) is 7.37. The van der Waals surface area contributed by atoms with Gasteiger partial charge in [-0.05, 0) is 70.6 Å². The zero-order valence-electron chi connectivity index (χ0n) is 12.1. The Bertz CT molecular complexity index is 232. The summed E-state index contributed by atoms with van der Waals surface area (Å²) in [5, 5.41) is 12.8. The maximum absolute atomic E-state index is 9.26. The third-order valence-electron chi connectivity index (χ3n) is 4.53. The van der Waals surface area contributed by atoms with Gasteiger partial charge in [0.25, 0.3) is 0 Å². The van der Waals surface area contributed by atoms with E-state index >= 15 is 0 Å². The first kappa shape index (κ1) is 15.2. The number of hydrogen-bond donors (Lipinski definition) is 2. The summed E-state index contributed by atoms with van der Waals surface area (Å²) in [4.78, 5) is 2.46. The second-order valence-corrected chi connectivity index (χ2v) is 5.98. The smallest absolute Gasteiger partial charge is 0.0586 e. The van der Waals surface area contributed by atoms with Gasteiger partial charge < -0.3 is 15.2 Å². The van der Waals surface area contributed by atoms with E-state index in [1.54, 1.807) is 0 Å². The fraction of sp³-hybridized carbons (Fsp3) is 1.00. The molecule has 0 aliphatic carbocycles. The van der Waals surface area contributed by atoms with E-state index in [9.17, 15) is 5.11 Å². The highest BCUT2D eigenvalue weighted by Crippen LogP contribution is 2.17. The number of aliphatic hydroxyl groups excluding tert-OH is 1. The molecule has 2 N–H and O–H groups in total. The molecule has 2 aliphatic heterocycles. The van der Waals surface area contributed by atoms with Crippen molar-refractivity contribution in [3.05, 3.63) is 0 Å². The van der Waals surface area contributed by atoms with Crippen LogP contribution in [0.1, 0.15) is 38.5 Å². The Morgan fingerprint density at radius 2 is 2.00 bits per heavy atom. The summed E-state index contributed by atoms with van der Waals surface area (Å²) < 4.78 is 5.37. The molecule has 0 amide bonds. The van der Waals surface area contributed by atoms with Gasteiger partial charge in [0, 0.05) is 19.3 Å². The molecule has 2 heterocycles. The maximum atomic E-state index is 9.26. The van der Waals surface area contributed by atoms with Gasteiger partial charge in [0.15, 0.2) is 0 Å². The Morgan fingerprint density at radius 1 is 1.16 bits per heavy atom. The van der Waals surface area contributed by atoms with E-state index in [-0.39, 0.29) is 0 Å². The quantitative estimate of drug-likeness (QED) is 0.651. The number of unbranched alkanes of at least 4 members (excludes halogenated alkanes) is 1. The first-order valence-electron chi connectivity index (χ1n) is 8.03. The number of rotatable bonds is 8. The lowest BCUT2D eigenvalue weighted by Crippen LogP contribution is -2.33. The molecular formula is C15H30N2O2. The molecule has 2 saturated heterocycles. The Balaban J connectivity index is 1.43. The van der Waals surface area contributed by atoms with Crippen LogP contribution < -0.4 is 5.32 Å².